The van der Waals surface area contributed by atoms with Crippen LogP contribution in [0.1, 0.15) is 122 Å². The standard InChI is InChI=1S/C29H57NO6/c1-5-6-7-8-9-10-11-12-13-14-15-16-17-18-19-20-21-28(32)36-25-26(31)24-35-23-22-27(29(33)34)30(2,3)4/h26-27,31H,5-25H2,1-4H3. The van der Waals surface area contributed by atoms with Crippen LogP contribution in [0.2, 0.25) is 0 Å². The Labute approximate surface area is 221 Å². The van der Waals surface area contributed by atoms with Crippen LogP contribution >= 0.6 is 0 Å². The van der Waals surface area contributed by atoms with E-state index in [-0.39, 0.29) is 36.7 Å². The number of aliphatic hydroxyl groups excluding tert-OH is 1. The van der Waals surface area contributed by atoms with Gasteiger partial charge in [0.15, 0.2) is 0 Å². The number of aliphatic carboxylic acids is 1. The number of carboxylic acid groups (broad SMARTS) is 1. The zero-order valence-electron chi connectivity index (χ0n) is 23.9. The van der Waals surface area contributed by atoms with Crippen LogP contribution in [-0.2, 0) is 19.1 Å². The van der Waals surface area contributed by atoms with Gasteiger partial charge in [-0.05, 0) is 6.42 Å². The maximum Gasteiger partial charge on any atom is 0.305 e. The molecule has 0 rings (SSSR count). The van der Waals surface area contributed by atoms with Crippen molar-refractivity contribution in [1.29, 1.82) is 0 Å². The number of hydrogen-bond acceptors (Lipinski definition) is 6. The smallest absolute Gasteiger partial charge is 0.305 e. The first-order chi connectivity index (χ1) is 17.2. The highest BCUT2D eigenvalue weighted by Gasteiger charge is 2.24. The summed E-state index contributed by atoms with van der Waals surface area (Å²) in [6.07, 6.45) is 20.5. The highest BCUT2D eigenvalue weighted by atomic mass is 16.5. The van der Waals surface area contributed by atoms with Gasteiger partial charge in [0.2, 0.25) is 0 Å². The van der Waals surface area contributed by atoms with Gasteiger partial charge in [-0.15, -0.1) is 0 Å². The van der Waals surface area contributed by atoms with E-state index in [1.165, 1.54) is 83.5 Å². The van der Waals surface area contributed by atoms with Gasteiger partial charge in [0.25, 0.3) is 0 Å². The van der Waals surface area contributed by atoms with E-state index in [0.717, 1.165) is 19.3 Å². The average molecular weight is 516 g/mol. The summed E-state index contributed by atoms with van der Waals surface area (Å²) >= 11 is 0. The summed E-state index contributed by atoms with van der Waals surface area (Å²) in [5, 5.41) is 21.1. The monoisotopic (exact) mass is 515 g/mol. The number of esters is 1. The van der Waals surface area contributed by atoms with E-state index >= 15 is 0 Å². The van der Waals surface area contributed by atoms with E-state index in [1.54, 1.807) is 21.1 Å². The molecule has 7 nitrogen and oxygen atoms in total. The molecule has 36 heavy (non-hydrogen) atoms. The van der Waals surface area contributed by atoms with Crippen molar-refractivity contribution >= 4 is 11.9 Å². The second-order valence-electron chi connectivity index (χ2n) is 11.2. The Hall–Kier alpha value is -1.18. The third-order valence-corrected chi connectivity index (χ3v) is 6.72. The molecule has 0 aromatic heterocycles. The topological polar surface area (TPSA) is 95.9 Å². The van der Waals surface area contributed by atoms with Crippen molar-refractivity contribution in [3.05, 3.63) is 0 Å². The Kier molecular flexibility index (Phi) is 22.2. The molecule has 0 aromatic carbocycles. The number of hydrogen-bond donors (Lipinski definition) is 1. The van der Waals surface area contributed by atoms with Crippen molar-refractivity contribution in [3.63, 3.8) is 0 Å². The van der Waals surface area contributed by atoms with Gasteiger partial charge < -0.3 is 29.0 Å². The number of carbonyl (C=O) groups excluding carboxylic acids is 2. The summed E-state index contributed by atoms with van der Waals surface area (Å²) in [5.41, 5.74) is 0. The first-order valence-electron chi connectivity index (χ1n) is 14.6. The molecule has 2 unspecified atom stereocenters. The van der Waals surface area contributed by atoms with Crippen LogP contribution in [-0.4, -0.2) is 74.6 Å². The fourth-order valence-electron chi connectivity index (χ4n) is 4.36. The van der Waals surface area contributed by atoms with E-state index in [4.69, 9.17) is 9.47 Å². The van der Waals surface area contributed by atoms with Crippen molar-refractivity contribution in [2.45, 2.75) is 135 Å². The summed E-state index contributed by atoms with van der Waals surface area (Å²) in [6.45, 7) is 2.36. The lowest BCUT2D eigenvalue weighted by atomic mass is 10.0. The minimum Gasteiger partial charge on any atom is -0.544 e. The molecule has 1 N–H and O–H groups in total. The molecule has 0 amide bonds. The quantitative estimate of drug-likeness (QED) is 0.101. The molecule has 0 fully saturated rings. The van der Waals surface area contributed by atoms with E-state index in [2.05, 4.69) is 6.92 Å². The van der Waals surface area contributed by atoms with Crippen molar-refractivity contribution in [2.24, 2.45) is 0 Å². The highest BCUT2D eigenvalue weighted by Crippen LogP contribution is 2.14. The molecule has 0 aliphatic rings. The second-order valence-corrected chi connectivity index (χ2v) is 11.2. The van der Waals surface area contributed by atoms with E-state index in [9.17, 15) is 19.8 Å². The maximum absolute atomic E-state index is 11.9. The van der Waals surface area contributed by atoms with E-state index in [0.29, 0.717) is 6.42 Å². The van der Waals surface area contributed by atoms with Crippen LogP contribution in [0.4, 0.5) is 0 Å². The minimum absolute atomic E-state index is 0.00321. The van der Waals surface area contributed by atoms with Gasteiger partial charge in [-0.1, -0.05) is 103 Å². The Morgan fingerprint density at radius 1 is 0.750 bits per heavy atom. The summed E-state index contributed by atoms with van der Waals surface area (Å²) in [5.74, 6) is -1.41. The van der Waals surface area contributed by atoms with Gasteiger partial charge in [-0.25, -0.2) is 0 Å². The summed E-state index contributed by atoms with van der Waals surface area (Å²) in [4.78, 5) is 23.1. The van der Waals surface area contributed by atoms with Crippen LogP contribution in [0, 0.1) is 0 Å². The summed E-state index contributed by atoms with van der Waals surface area (Å²) in [6, 6.07) is -0.681. The third kappa shape index (κ3) is 22.1. The normalized spacial score (nSPS) is 13.5. The zero-order chi connectivity index (χ0) is 27.1. The second kappa shape index (κ2) is 23.0. The Bertz CT molecular complexity index is 534. The molecule has 0 aromatic rings. The van der Waals surface area contributed by atoms with Crippen LogP contribution in [0.25, 0.3) is 0 Å². The lowest BCUT2D eigenvalue weighted by Gasteiger charge is -2.34. The molecule has 0 aliphatic heterocycles. The number of ether oxygens (including phenoxy) is 2. The van der Waals surface area contributed by atoms with Gasteiger partial charge in [0.05, 0.1) is 40.3 Å². The number of rotatable bonds is 26. The molecule has 0 aliphatic carbocycles. The molecule has 214 valence electrons. The predicted molar refractivity (Wildman–Crippen MR) is 143 cm³/mol. The van der Waals surface area contributed by atoms with Gasteiger partial charge in [-0.3, -0.25) is 4.79 Å². The number of nitrogens with zero attached hydrogens (tertiary/aromatic N) is 1. The Morgan fingerprint density at radius 3 is 1.61 bits per heavy atom. The average Bonchev–Trinajstić information content (AvgIpc) is 2.81. The van der Waals surface area contributed by atoms with Crippen LogP contribution < -0.4 is 5.11 Å². The highest BCUT2D eigenvalue weighted by molar-refractivity contribution is 5.69. The lowest BCUT2D eigenvalue weighted by molar-refractivity contribution is -0.889. The van der Waals surface area contributed by atoms with Crippen molar-refractivity contribution in [1.82, 2.24) is 0 Å². The van der Waals surface area contributed by atoms with Crippen molar-refractivity contribution in [3.8, 4) is 0 Å². The summed E-state index contributed by atoms with van der Waals surface area (Å²) in [7, 11) is 5.36. The van der Waals surface area contributed by atoms with Crippen LogP contribution in [0.15, 0.2) is 0 Å². The first kappa shape index (κ1) is 34.8. The van der Waals surface area contributed by atoms with Crippen LogP contribution in [0.3, 0.4) is 0 Å². The number of quaternary nitrogens is 1. The molecule has 0 saturated carbocycles. The lowest BCUT2D eigenvalue weighted by Crippen LogP contribution is -2.55. The van der Waals surface area contributed by atoms with E-state index < -0.39 is 18.1 Å². The van der Waals surface area contributed by atoms with Gasteiger partial charge in [0, 0.05) is 12.8 Å². The number of likely N-dealkylation sites (N-methyl/N-ethyl adjacent to an activating group) is 1. The number of unbranched alkanes of at least 4 members (excludes halogenated alkanes) is 15. The maximum atomic E-state index is 11.9. The Morgan fingerprint density at radius 2 is 1.19 bits per heavy atom. The molecule has 7 heteroatoms. The minimum atomic E-state index is -1.12. The van der Waals surface area contributed by atoms with Crippen molar-refractivity contribution in [2.75, 3.05) is 41.0 Å². The molecule has 0 radical (unpaired) electrons. The molecule has 0 bridgehead atoms. The fraction of sp³-hybridized carbons (Fsp3) is 0.931. The number of carboxylic acids is 1. The largest absolute Gasteiger partial charge is 0.544 e. The molecule has 0 spiro atoms. The first-order valence-corrected chi connectivity index (χ1v) is 14.6. The summed E-state index contributed by atoms with van der Waals surface area (Å²) < 4.78 is 10.7. The molecule has 0 saturated heterocycles. The van der Waals surface area contributed by atoms with Gasteiger partial charge >= 0.3 is 5.97 Å². The van der Waals surface area contributed by atoms with Gasteiger partial charge in [-0.2, -0.15) is 0 Å². The molecule has 2 atom stereocenters. The fourth-order valence-corrected chi connectivity index (χ4v) is 4.36. The SMILES string of the molecule is CCCCCCCCCCCCCCCCCCC(=O)OCC(O)COCCC(C(=O)[O-])[N+](C)(C)C. The molecular formula is C29H57NO6. The Balaban J connectivity index is 3.48. The zero-order valence-corrected chi connectivity index (χ0v) is 23.9. The van der Waals surface area contributed by atoms with Gasteiger partial charge in [0.1, 0.15) is 18.8 Å². The van der Waals surface area contributed by atoms with Crippen molar-refractivity contribution < 1.29 is 33.8 Å². The molecular weight excluding hydrogens is 458 g/mol. The third-order valence-electron chi connectivity index (χ3n) is 6.72. The van der Waals surface area contributed by atoms with E-state index in [1.807, 2.05) is 0 Å². The predicted octanol–water partition coefficient (Wildman–Crippen LogP) is 4.77. The number of aliphatic hydroxyl groups is 1. The molecule has 0 heterocycles. The number of carbonyl (C=O) groups is 2. The van der Waals surface area contributed by atoms with Crippen LogP contribution in [0.5, 0.6) is 0 Å².